The van der Waals surface area contributed by atoms with Gasteiger partial charge in [-0.1, -0.05) is 5.16 Å². The van der Waals surface area contributed by atoms with Crippen molar-refractivity contribution in [3.05, 3.63) is 41.3 Å². The zero-order valence-corrected chi connectivity index (χ0v) is 17.4. The molecule has 1 aromatic heterocycles. The highest BCUT2D eigenvalue weighted by molar-refractivity contribution is 7.99. The average molecular weight is 420 g/mol. The monoisotopic (exact) mass is 419 g/mol. The molecular weight excluding hydrogens is 394 g/mol. The summed E-state index contributed by atoms with van der Waals surface area (Å²) in [4.78, 5) is 26.1. The number of amides is 1. The molecule has 0 spiro atoms. The molecule has 0 bridgehead atoms. The number of benzene rings is 1. The standard InChI is InChI=1S/C20H25N3O5S/c1-14-18(15(2)28-22-14)12-29-13-20(25)27-11-19(24)21-16-3-5-17(6-4-16)23-7-9-26-10-8-23/h3-6H,7-13H2,1-2H3,(H,21,24). The molecule has 0 unspecified atom stereocenters. The number of esters is 1. The van der Waals surface area contributed by atoms with Gasteiger partial charge in [0.05, 0.1) is 24.7 Å². The van der Waals surface area contributed by atoms with Gasteiger partial charge in [-0.05, 0) is 38.1 Å². The lowest BCUT2D eigenvalue weighted by atomic mass is 10.2. The first-order valence-electron chi connectivity index (χ1n) is 9.40. The van der Waals surface area contributed by atoms with Crippen LogP contribution in [0.4, 0.5) is 11.4 Å². The summed E-state index contributed by atoms with van der Waals surface area (Å²) >= 11 is 1.40. The second kappa shape index (κ2) is 10.3. The van der Waals surface area contributed by atoms with Crippen LogP contribution in [-0.2, 0) is 24.8 Å². The van der Waals surface area contributed by atoms with Crippen molar-refractivity contribution in [3.63, 3.8) is 0 Å². The zero-order valence-electron chi connectivity index (χ0n) is 16.6. The van der Waals surface area contributed by atoms with Crippen LogP contribution in [0.3, 0.4) is 0 Å². The van der Waals surface area contributed by atoms with E-state index < -0.39 is 5.97 Å². The Bertz CT molecular complexity index is 812. The molecular formula is C20H25N3O5S. The Hall–Kier alpha value is -2.52. The smallest absolute Gasteiger partial charge is 0.316 e. The molecule has 1 aliphatic rings. The van der Waals surface area contributed by atoms with Crippen molar-refractivity contribution in [2.24, 2.45) is 0 Å². The Kier molecular flexibility index (Phi) is 7.54. The first-order valence-corrected chi connectivity index (χ1v) is 10.6. The molecule has 1 aromatic carbocycles. The molecule has 1 aliphatic heterocycles. The molecule has 1 amide bonds. The fourth-order valence-corrected chi connectivity index (χ4v) is 3.87. The van der Waals surface area contributed by atoms with Crippen molar-refractivity contribution in [1.82, 2.24) is 5.16 Å². The number of anilines is 2. The van der Waals surface area contributed by atoms with Crippen LogP contribution in [0.25, 0.3) is 0 Å². The maximum Gasteiger partial charge on any atom is 0.316 e. The van der Waals surface area contributed by atoms with Crippen molar-refractivity contribution in [2.75, 3.05) is 48.9 Å². The Morgan fingerprint density at radius 3 is 2.59 bits per heavy atom. The minimum atomic E-state index is -0.431. The molecule has 2 heterocycles. The quantitative estimate of drug-likeness (QED) is 0.653. The van der Waals surface area contributed by atoms with Gasteiger partial charge in [-0.25, -0.2) is 0 Å². The van der Waals surface area contributed by atoms with E-state index in [1.807, 2.05) is 38.1 Å². The van der Waals surface area contributed by atoms with Gasteiger partial charge < -0.3 is 24.2 Å². The summed E-state index contributed by atoms with van der Waals surface area (Å²) in [5.41, 5.74) is 3.56. The Morgan fingerprint density at radius 2 is 1.93 bits per heavy atom. The van der Waals surface area contributed by atoms with Crippen molar-refractivity contribution >= 4 is 35.0 Å². The Morgan fingerprint density at radius 1 is 1.21 bits per heavy atom. The number of thioether (sulfide) groups is 1. The maximum absolute atomic E-state index is 12.0. The Labute approximate surface area is 173 Å². The normalized spacial score (nSPS) is 13.9. The molecule has 1 N–H and O–H groups in total. The van der Waals surface area contributed by atoms with Crippen LogP contribution in [-0.4, -0.2) is 55.7 Å². The summed E-state index contributed by atoms with van der Waals surface area (Å²) in [7, 11) is 0. The molecule has 156 valence electrons. The molecule has 2 aromatic rings. The zero-order chi connectivity index (χ0) is 20.6. The number of nitrogens with one attached hydrogen (secondary N) is 1. The van der Waals surface area contributed by atoms with Gasteiger partial charge in [-0.2, -0.15) is 0 Å². The summed E-state index contributed by atoms with van der Waals surface area (Å²) in [6, 6.07) is 7.59. The number of aromatic nitrogens is 1. The Balaban J connectivity index is 1.36. The van der Waals surface area contributed by atoms with Gasteiger partial charge in [0.15, 0.2) is 6.61 Å². The van der Waals surface area contributed by atoms with Crippen molar-refractivity contribution < 1.29 is 23.6 Å². The lowest BCUT2D eigenvalue weighted by Gasteiger charge is -2.28. The van der Waals surface area contributed by atoms with E-state index in [2.05, 4.69) is 15.4 Å². The van der Waals surface area contributed by atoms with Crippen molar-refractivity contribution in [3.8, 4) is 0 Å². The van der Waals surface area contributed by atoms with E-state index in [9.17, 15) is 9.59 Å². The summed E-state index contributed by atoms with van der Waals surface area (Å²) in [5, 5.41) is 6.61. The fourth-order valence-electron chi connectivity index (χ4n) is 2.91. The van der Waals surface area contributed by atoms with Crippen LogP contribution < -0.4 is 10.2 Å². The van der Waals surface area contributed by atoms with Gasteiger partial charge in [0.25, 0.3) is 5.91 Å². The summed E-state index contributed by atoms with van der Waals surface area (Å²) < 4.78 is 15.5. The first-order chi connectivity index (χ1) is 14.0. The van der Waals surface area contributed by atoms with Crippen LogP contribution >= 0.6 is 11.8 Å². The van der Waals surface area contributed by atoms with Gasteiger partial charge in [0, 0.05) is 35.8 Å². The third-order valence-corrected chi connectivity index (χ3v) is 5.47. The molecule has 9 heteroatoms. The predicted molar refractivity (Wildman–Crippen MR) is 111 cm³/mol. The third kappa shape index (κ3) is 6.23. The molecule has 0 radical (unpaired) electrons. The van der Waals surface area contributed by atoms with E-state index in [-0.39, 0.29) is 18.3 Å². The van der Waals surface area contributed by atoms with E-state index in [4.69, 9.17) is 14.0 Å². The molecule has 3 rings (SSSR count). The second-order valence-electron chi connectivity index (χ2n) is 6.65. The highest BCUT2D eigenvalue weighted by Gasteiger charge is 2.13. The number of rotatable bonds is 8. The lowest BCUT2D eigenvalue weighted by Crippen LogP contribution is -2.36. The highest BCUT2D eigenvalue weighted by Crippen LogP contribution is 2.20. The van der Waals surface area contributed by atoms with Crippen LogP contribution in [0, 0.1) is 13.8 Å². The van der Waals surface area contributed by atoms with E-state index >= 15 is 0 Å². The maximum atomic E-state index is 12.0. The van der Waals surface area contributed by atoms with E-state index in [1.54, 1.807) is 0 Å². The van der Waals surface area contributed by atoms with E-state index in [0.717, 1.165) is 49.0 Å². The lowest BCUT2D eigenvalue weighted by molar-refractivity contribution is -0.144. The molecule has 0 atom stereocenters. The molecule has 29 heavy (non-hydrogen) atoms. The number of morpholine rings is 1. The first kappa shape index (κ1) is 21.2. The number of hydrogen-bond donors (Lipinski definition) is 1. The summed E-state index contributed by atoms with van der Waals surface area (Å²) in [6.45, 7) is 6.55. The van der Waals surface area contributed by atoms with Crippen LogP contribution in [0.2, 0.25) is 0 Å². The van der Waals surface area contributed by atoms with Crippen LogP contribution in [0.15, 0.2) is 28.8 Å². The van der Waals surface area contributed by atoms with Gasteiger partial charge in [-0.3, -0.25) is 9.59 Å². The minimum absolute atomic E-state index is 0.158. The molecule has 0 saturated carbocycles. The van der Waals surface area contributed by atoms with Gasteiger partial charge in [-0.15, -0.1) is 11.8 Å². The van der Waals surface area contributed by atoms with Gasteiger partial charge >= 0.3 is 5.97 Å². The third-order valence-electron chi connectivity index (χ3n) is 4.54. The molecule has 8 nitrogen and oxygen atoms in total. The molecule has 0 aliphatic carbocycles. The van der Waals surface area contributed by atoms with Crippen molar-refractivity contribution in [2.45, 2.75) is 19.6 Å². The number of carbonyl (C=O) groups is 2. The summed E-state index contributed by atoms with van der Waals surface area (Å²) in [6.07, 6.45) is 0. The van der Waals surface area contributed by atoms with Gasteiger partial charge in [0.2, 0.25) is 0 Å². The molecule has 1 saturated heterocycles. The summed E-state index contributed by atoms with van der Waals surface area (Å²) in [5.74, 6) is 0.721. The van der Waals surface area contributed by atoms with Crippen molar-refractivity contribution in [1.29, 1.82) is 0 Å². The number of nitrogens with zero attached hydrogens (tertiary/aromatic N) is 2. The van der Waals surface area contributed by atoms with Gasteiger partial charge in [0.1, 0.15) is 5.76 Å². The topological polar surface area (TPSA) is 93.9 Å². The second-order valence-corrected chi connectivity index (χ2v) is 7.64. The van der Waals surface area contributed by atoms with Crippen LogP contribution in [0.5, 0.6) is 0 Å². The fraction of sp³-hybridized carbons (Fsp3) is 0.450. The predicted octanol–water partition coefficient (Wildman–Crippen LogP) is 2.54. The molecule has 1 fully saturated rings. The minimum Gasteiger partial charge on any atom is -0.455 e. The highest BCUT2D eigenvalue weighted by atomic mass is 32.2. The number of carbonyl (C=O) groups excluding carboxylic acids is 2. The SMILES string of the molecule is Cc1noc(C)c1CSCC(=O)OCC(=O)Nc1ccc(N2CCOCC2)cc1. The average Bonchev–Trinajstić information content (AvgIpc) is 3.05. The number of aryl methyl sites for hydroxylation is 2. The van der Waals surface area contributed by atoms with E-state index in [0.29, 0.717) is 11.4 Å². The number of ether oxygens (including phenoxy) is 2. The number of hydrogen-bond acceptors (Lipinski definition) is 8. The largest absolute Gasteiger partial charge is 0.455 e. The van der Waals surface area contributed by atoms with E-state index in [1.165, 1.54) is 11.8 Å². The van der Waals surface area contributed by atoms with Crippen LogP contribution in [0.1, 0.15) is 17.0 Å².